The predicted octanol–water partition coefficient (Wildman–Crippen LogP) is 19.0. The zero-order valence-electron chi connectivity index (χ0n) is 54.3. The molecule has 0 radical (unpaired) electrons. The molecule has 1 aliphatic carbocycles. The molecule has 2 heterocycles. The van der Waals surface area contributed by atoms with Crippen LogP contribution in [0.25, 0.3) is 33.4 Å². The van der Waals surface area contributed by atoms with Crippen LogP contribution < -0.4 is 4.90 Å². The van der Waals surface area contributed by atoms with Gasteiger partial charge < -0.3 is 29.8 Å². The molecule has 1 saturated carbocycles. The molecule has 4 N–H and O–H groups in total. The summed E-state index contributed by atoms with van der Waals surface area (Å²) in [6.45, 7) is 9.52. The van der Waals surface area contributed by atoms with Crippen molar-refractivity contribution in [3.05, 3.63) is 309 Å². The monoisotopic (exact) mass is 1210 g/mol. The summed E-state index contributed by atoms with van der Waals surface area (Å²) in [7, 11) is 4.56. The van der Waals surface area contributed by atoms with Crippen LogP contribution in [0, 0.1) is 13.8 Å². The average molecular weight is 1210 g/mol. The van der Waals surface area contributed by atoms with E-state index in [9.17, 15) is 20.4 Å². The average Bonchev–Trinajstić information content (AvgIpc) is 0.911. The Labute approximate surface area is 543 Å². The minimum atomic E-state index is 0.161. The van der Waals surface area contributed by atoms with Crippen molar-refractivity contribution in [1.82, 2.24) is 0 Å². The fraction of sp³-hybridized carbons (Fsp3) is 0.294. The van der Waals surface area contributed by atoms with E-state index in [0.717, 1.165) is 66.7 Å². The normalized spacial score (nSPS) is 15.5. The molecule has 6 nitrogen and oxygen atoms in total. The van der Waals surface area contributed by atoms with E-state index in [2.05, 4.69) is 239 Å². The van der Waals surface area contributed by atoms with Gasteiger partial charge in [0.15, 0.2) is 0 Å². The zero-order valence-corrected chi connectivity index (χ0v) is 54.3. The molecule has 3 fully saturated rings. The van der Waals surface area contributed by atoms with Crippen molar-refractivity contribution < 1.29 is 24.9 Å². The summed E-state index contributed by atoms with van der Waals surface area (Å²) in [5, 5.41) is 38.5. The number of hydrogen-bond donors (Lipinski definition) is 4. The van der Waals surface area contributed by atoms with Crippen LogP contribution in [0.15, 0.2) is 237 Å². The molecule has 12 rings (SSSR count). The van der Waals surface area contributed by atoms with Gasteiger partial charge in [-0.2, -0.15) is 0 Å². The number of aliphatic hydroxyl groups is 3. The number of benzene rings is 9. The first-order chi connectivity index (χ1) is 44.5. The van der Waals surface area contributed by atoms with Gasteiger partial charge in [-0.3, -0.25) is 0 Å². The van der Waals surface area contributed by atoms with Crippen LogP contribution in [0.2, 0.25) is 0 Å². The second kappa shape index (κ2) is 32.6. The molecule has 9 aromatic carbocycles. The van der Waals surface area contributed by atoms with E-state index in [1.165, 1.54) is 152 Å². The van der Waals surface area contributed by atoms with E-state index < -0.39 is 0 Å². The quantitative estimate of drug-likeness (QED) is 0.0426. The summed E-state index contributed by atoms with van der Waals surface area (Å²) in [6.07, 6.45) is 12.6. The first-order valence-corrected chi connectivity index (χ1v) is 33.5. The summed E-state index contributed by atoms with van der Waals surface area (Å²) < 4.78 is 1.09. The lowest BCUT2D eigenvalue weighted by atomic mass is 9.79. The summed E-state index contributed by atoms with van der Waals surface area (Å²) in [4.78, 5) is 2.51. The van der Waals surface area contributed by atoms with E-state index in [0.29, 0.717) is 12.3 Å². The van der Waals surface area contributed by atoms with E-state index in [-0.39, 0.29) is 25.6 Å². The van der Waals surface area contributed by atoms with Gasteiger partial charge in [0, 0.05) is 38.6 Å². The number of nitrogens with zero attached hydrogens (tertiary/aromatic N) is 2. The molecule has 2 saturated heterocycles. The summed E-state index contributed by atoms with van der Waals surface area (Å²) in [6, 6.07) is 84.1. The number of hydrogen-bond acceptors (Lipinski definition) is 5. The van der Waals surface area contributed by atoms with Gasteiger partial charge >= 0.3 is 0 Å². The van der Waals surface area contributed by atoms with E-state index >= 15 is 0 Å². The number of likely N-dealkylation sites (tertiary alicyclic amines) is 1. The second-order valence-electron chi connectivity index (χ2n) is 25.9. The summed E-state index contributed by atoms with van der Waals surface area (Å²) in [5.74, 6) is 1.65. The van der Waals surface area contributed by atoms with Crippen LogP contribution >= 0.6 is 0 Å². The van der Waals surface area contributed by atoms with Crippen molar-refractivity contribution in [2.45, 2.75) is 103 Å². The van der Waals surface area contributed by atoms with Crippen molar-refractivity contribution in [3.8, 4) is 5.75 Å². The number of phenolic OH excluding ortho intramolecular Hbond substituents is 1. The number of phenols is 1. The third-order valence-electron chi connectivity index (χ3n) is 18.6. The fourth-order valence-electron chi connectivity index (χ4n) is 13.5. The Morgan fingerprint density at radius 2 is 0.681 bits per heavy atom. The Morgan fingerprint density at radius 3 is 1.00 bits per heavy atom. The fourth-order valence-corrected chi connectivity index (χ4v) is 13.5. The van der Waals surface area contributed by atoms with Crippen molar-refractivity contribution >= 4 is 39.1 Å². The van der Waals surface area contributed by atoms with Gasteiger partial charge in [-0.05, 0) is 209 Å². The third kappa shape index (κ3) is 17.6. The Kier molecular flexibility index (Phi) is 23.5. The van der Waals surface area contributed by atoms with Gasteiger partial charge in [0.2, 0.25) is 0 Å². The van der Waals surface area contributed by atoms with Gasteiger partial charge in [-0.15, -0.1) is 0 Å². The molecule has 91 heavy (non-hydrogen) atoms. The SMILES string of the molecule is C[N+]1(C)CC(c2ccc(/C(=C(/CCCO)c3ccccc3)c3ccc(O)cc3)cc2)C1.Cc1ccc(/C(=C(\CCCO)c2ccccc2)c2ccc(C3CCC3)cc2)cc1.Cc1ccc(/C(=C(\CCCO)c2ccccc2)c2ccc(N3CCCCC3)cc2)cc1. The number of aromatic hydroxyl groups is 1. The number of likely N-dealkylation sites (N-methyl/N-ethyl adjacent to an activating group) is 1. The molecule has 9 aromatic rings. The topological polar surface area (TPSA) is 84.2 Å². The minimum Gasteiger partial charge on any atom is -0.508 e. The zero-order chi connectivity index (χ0) is 63.4. The molecule has 0 atom stereocenters. The lowest BCUT2D eigenvalue weighted by molar-refractivity contribution is -0.932. The molecular weight excluding hydrogens is 1110 g/mol. The maximum Gasteiger partial charge on any atom is 0.115 e. The van der Waals surface area contributed by atoms with Crippen LogP contribution in [0.4, 0.5) is 5.69 Å². The lowest BCUT2D eigenvalue weighted by Gasteiger charge is -2.44. The number of quaternary nitrogens is 1. The van der Waals surface area contributed by atoms with E-state index in [4.69, 9.17) is 0 Å². The summed E-state index contributed by atoms with van der Waals surface area (Å²) in [5.41, 5.74) is 25.1. The Bertz CT molecular complexity index is 3760. The maximum atomic E-state index is 9.83. The number of aryl methyl sites for hydroxylation is 2. The number of rotatable bonds is 21. The molecule has 3 aliphatic rings. The van der Waals surface area contributed by atoms with Crippen molar-refractivity contribution in [2.24, 2.45) is 0 Å². The van der Waals surface area contributed by atoms with Gasteiger partial charge in [0.25, 0.3) is 0 Å². The largest absolute Gasteiger partial charge is 0.508 e. The third-order valence-corrected chi connectivity index (χ3v) is 18.6. The Morgan fingerprint density at radius 1 is 0.363 bits per heavy atom. The molecule has 2 aliphatic heterocycles. The number of aliphatic hydroxyl groups excluding tert-OH is 3. The predicted molar refractivity (Wildman–Crippen MR) is 383 cm³/mol. The second-order valence-corrected chi connectivity index (χ2v) is 25.9. The summed E-state index contributed by atoms with van der Waals surface area (Å²) >= 11 is 0. The standard InChI is InChI=1S/C29H33NO.C28H31NO2.C28H30O/c1-23-12-14-25(15-13-23)29(28(11-8-22-31)24-9-4-2-5-10-24)26-16-18-27(19-17-26)30-20-6-3-7-21-30;1-29(2)19-25(20-29)21-10-12-23(13-11-21)28(24-14-16-26(31)17-15-24)27(9-6-18-30)22-7-4-3-5-8-22;1-21-12-14-25(15-13-21)28(26-18-16-23(17-19-26)22-9-5-10-22)27(11-6-20-29)24-7-3-2-4-8-24/h2,4-5,9-10,12-19,31H,3,6-8,11,20-22H2,1H3;3-5,7-8,10-17,25,30H,6,9,18-20H2,1-2H3;2-4,7-8,12-19,22,29H,5-6,9-11,20H2,1H3/p+1/b29-28-;28-27+;28-27-. The van der Waals surface area contributed by atoms with Gasteiger partial charge in [-0.1, -0.05) is 230 Å². The van der Waals surface area contributed by atoms with Crippen LogP contribution in [-0.2, 0) is 0 Å². The van der Waals surface area contributed by atoms with Crippen LogP contribution in [0.5, 0.6) is 5.75 Å². The van der Waals surface area contributed by atoms with Gasteiger partial charge in [0.05, 0.1) is 33.1 Å². The molecule has 0 amide bonds. The van der Waals surface area contributed by atoms with Crippen molar-refractivity contribution in [2.75, 3.05) is 65.0 Å². The lowest BCUT2D eigenvalue weighted by Crippen LogP contribution is -2.56. The Balaban J connectivity index is 0.000000150. The smallest absolute Gasteiger partial charge is 0.115 e. The van der Waals surface area contributed by atoms with Crippen LogP contribution in [0.3, 0.4) is 0 Å². The first kappa shape index (κ1) is 65.6. The molecule has 0 aromatic heterocycles. The van der Waals surface area contributed by atoms with Crippen molar-refractivity contribution in [1.29, 1.82) is 0 Å². The van der Waals surface area contributed by atoms with Crippen molar-refractivity contribution in [3.63, 3.8) is 0 Å². The minimum absolute atomic E-state index is 0.161. The molecule has 468 valence electrons. The van der Waals surface area contributed by atoms with Gasteiger partial charge in [0.1, 0.15) is 5.75 Å². The number of anilines is 1. The highest BCUT2D eigenvalue weighted by Crippen LogP contribution is 2.42. The van der Waals surface area contributed by atoms with Crippen LogP contribution in [0.1, 0.15) is 161 Å². The van der Waals surface area contributed by atoms with Crippen LogP contribution in [-0.4, -0.2) is 85.0 Å². The molecule has 6 heteroatoms. The first-order valence-electron chi connectivity index (χ1n) is 33.5. The number of piperidine rings is 1. The highest BCUT2D eigenvalue weighted by atomic mass is 16.3. The van der Waals surface area contributed by atoms with E-state index in [1.807, 2.05) is 18.2 Å². The molecule has 0 spiro atoms. The highest BCUT2D eigenvalue weighted by Gasteiger charge is 2.37. The molecule has 0 unspecified atom stereocenters. The van der Waals surface area contributed by atoms with Gasteiger partial charge in [-0.25, -0.2) is 0 Å². The maximum absolute atomic E-state index is 9.83. The highest BCUT2D eigenvalue weighted by molar-refractivity contribution is 6.01. The van der Waals surface area contributed by atoms with E-state index in [1.54, 1.807) is 12.1 Å². The number of allylic oxidation sites excluding steroid dienone is 3. The molecular formula is C85H95N2O4+. The Hall–Kier alpha value is -8.36. The molecule has 0 bridgehead atoms.